The lowest BCUT2D eigenvalue weighted by Crippen LogP contribution is -2.46. The van der Waals surface area contributed by atoms with Crippen LogP contribution in [0.15, 0.2) is 53.4 Å². The van der Waals surface area contributed by atoms with Gasteiger partial charge in [0.05, 0.1) is 6.61 Å². The fourth-order valence-corrected chi connectivity index (χ4v) is 4.55. The number of hydrogen-bond acceptors (Lipinski definition) is 6. The number of anilines is 1. The van der Waals surface area contributed by atoms with Crippen molar-refractivity contribution in [1.29, 1.82) is 0 Å². The van der Waals surface area contributed by atoms with E-state index in [1.165, 1.54) is 6.07 Å². The second kappa shape index (κ2) is 8.10. The first-order valence-electron chi connectivity index (χ1n) is 9.76. The Morgan fingerprint density at radius 3 is 2.79 bits per heavy atom. The maximum absolute atomic E-state index is 14.2. The van der Waals surface area contributed by atoms with E-state index in [0.717, 1.165) is 54.4 Å². The van der Waals surface area contributed by atoms with Crippen molar-refractivity contribution >= 4 is 17.2 Å². The second-order valence-corrected chi connectivity index (χ2v) is 8.10. The van der Waals surface area contributed by atoms with Crippen molar-refractivity contribution in [2.24, 2.45) is 0 Å². The zero-order valence-corrected chi connectivity index (χ0v) is 16.8. The van der Waals surface area contributed by atoms with Gasteiger partial charge < -0.3 is 14.4 Å². The molecule has 0 N–H and O–H groups in total. The topological polar surface area (TPSA) is 37.8 Å². The maximum Gasteiger partial charge on any atom is 0.227 e. The van der Waals surface area contributed by atoms with Crippen LogP contribution >= 0.6 is 11.3 Å². The number of halogens is 1. The third-order valence-electron chi connectivity index (χ3n) is 5.38. The summed E-state index contributed by atoms with van der Waals surface area (Å²) in [6.07, 6.45) is 1.39. The highest BCUT2D eigenvalue weighted by Crippen LogP contribution is 2.37. The van der Waals surface area contributed by atoms with Gasteiger partial charge in [0.15, 0.2) is 0 Å². The number of piperazine rings is 1. The van der Waals surface area contributed by atoms with E-state index < -0.39 is 6.29 Å². The van der Waals surface area contributed by atoms with E-state index >= 15 is 0 Å². The molecular weight excluding hydrogens is 389 g/mol. The highest BCUT2D eigenvalue weighted by Gasteiger charge is 2.27. The van der Waals surface area contributed by atoms with Crippen molar-refractivity contribution < 1.29 is 13.9 Å². The number of thiophene rings is 1. The van der Waals surface area contributed by atoms with E-state index in [4.69, 9.17) is 9.47 Å². The Balaban J connectivity index is 1.30. The molecule has 5 rings (SSSR count). The summed E-state index contributed by atoms with van der Waals surface area (Å²) < 4.78 is 26.2. The molecule has 150 valence electrons. The molecule has 7 heteroatoms. The molecule has 3 aromatic rings. The van der Waals surface area contributed by atoms with Gasteiger partial charge in [0.25, 0.3) is 0 Å². The standard InChI is InChI=1S/C22H22FN3O2S/c23-19-11-17(13-25-6-8-26(9-7-25)20-3-1-2-5-24-20)21-18(12-19)14-27-22(28-21)16-4-10-29-15-16/h1-5,10-12,15,22H,6-9,13-14H2/t22-/m1/s1. The van der Waals surface area contributed by atoms with Gasteiger partial charge in [0, 0.05) is 61.0 Å². The van der Waals surface area contributed by atoms with Gasteiger partial charge in [0.1, 0.15) is 17.4 Å². The molecular formula is C22H22FN3O2S. The van der Waals surface area contributed by atoms with E-state index in [2.05, 4.69) is 14.8 Å². The lowest BCUT2D eigenvalue weighted by atomic mass is 10.1. The van der Waals surface area contributed by atoms with E-state index in [9.17, 15) is 4.39 Å². The Morgan fingerprint density at radius 1 is 1.14 bits per heavy atom. The fraction of sp³-hybridized carbons (Fsp3) is 0.318. The minimum atomic E-state index is -0.432. The van der Waals surface area contributed by atoms with Crippen LogP contribution in [0.2, 0.25) is 0 Å². The monoisotopic (exact) mass is 411 g/mol. The Bertz CT molecular complexity index is 960. The first-order chi connectivity index (χ1) is 14.3. The average molecular weight is 412 g/mol. The highest BCUT2D eigenvalue weighted by atomic mass is 32.1. The lowest BCUT2D eigenvalue weighted by Gasteiger charge is -2.36. The first kappa shape index (κ1) is 18.5. The molecule has 1 fully saturated rings. The summed E-state index contributed by atoms with van der Waals surface area (Å²) in [6, 6.07) is 11.1. The smallest absolute Gasteiger partial charge is 0.227 e. The molecule has 2 aromatic heterocycles. The molecule has 2 aliphatic rings. The van der Waals surface area contributed by atoms with Crippen molar-refractivity contribution in [3.8, 4) is 5.75 Å². The predicted molar refractivity (Wildman–Crippen MR) is 111 cm³/mol. The molecule has 1 aromatic carbocycles. The van der Waals surface area contributed by atoms with Crippen molar-refractivity contribution in [3.05, 3.63) is 75.9 Å². The van der Waals surface area contributed by atoms with Crippen molar-refractivity contribution in [2.75, 3.05) is 31.1 Å². The molecule has 0 radical (unpaired) electrons. The van der Waals surface area contributed by atoms with Crippen LogP contribution < -0.4 is 9.64 Å². The molecule has 2 aliphatic heterocycles. The average Bonchev–Trinajstić information content (AvgIpc) is 3.30. The minimum Gasteiger partial charge on any atom is -0.460 e. The van der Waals surface area contributed by atoms with E-state index in [1.807, 2.05) is 41.2 Å². The van der Waals surface area contributed by atoms with E-state index in [0.29, 0.717) is 13.2 Å². The van der Waals surface area contributed by atoms with Gasteiger partial charge in [-0.1, -0.05) is 6.07 Å². The first-order valence-corrected chi connectivity index (χ1v) is 10.7. The van der Waals surface area contributed by atoms with Crippen LogP contribution in [0.5, 0.6) is 5.75 Å². The minimum absolute atomic E-state index is 0.243. The van der Waals surface area contributed by atoms with Crippen molar-refractivity contribution in [2.45, 2.75) is 19.4 Å². The van der Waals surface area contributed by atoms with Crippen LogP contribution in [-0.4, -0.2) is 36.1 Å². The predicted octanol–water partition coefficient (Wildman–Crippen LogP) is 4.21. The lowest BCUT2D eigenvalue weighted by molar-refractivity contribution is -0.112. The molecule has 1 atom stereocenters. The number of fused-ring (bicyclic) bond motifs is 1. The number of pyridine rings is 1. The SMILES string of the molecule is Fc1cc2c(c(CN3CCN(c4ccccn4)CC3)c1)O[C@H](c1ccsc1)OC2. The Hall–Kier alpha value is -2.48. The second-order valence-electron chi connectivity index (χ2n) is 7.32. The van der Waals surface area contributed by atoms with Gasteiger partial charge in [-0.3, -0.25) is 4.90 Å². The van der Waals surface area contributed by atoms with Crippen molar-refractivity contribution in [3.63, 3.8) is 0 Å². The largest absolute Gasteiger partial charge is 0.460 e. The van der Waals surface area contributed by atoms with E-state index in [1.54, 1.807) is 17.4 Å². The number of ether oxygens (including phenoxy) is 2. The van der Waals surface area contributed by atoms with Crippen LogP contribution in [-0.2, 0) is 17.9 Å². The van der Waals surface area contributed by atoms with Gasteiger partial charge in [-0.05, 0) is 35.7 Å². The van der Waals surface area contributed by atoms with Gasteiger partial charge in [-0.15, -0.1) is 0 Å². The van der Waals surface area contributed by atoms with Crippen LogP contribution in [0.3, 0.4) is 0 Å². The molecule has 0 saturated carbocycles. The van der Waals surface area contributed by atoms with Crippen LogP contribution in [0, 0.1) is 5.82 Å². The highest BCUT2D eigenvalue weighted by molar-refractivity contribution is 7.07. The third kappa shape index (κ3) is 3.99. The van der Waals surface area contributed by atoms with Crippen LogP contribution in [0.1, 0.15) is 23.0 Å². The molecule has 0 amide bonds. The number of aromatic nitrogens is 1. The van der Waals surface area contributed by atoms with Gasteiger partial charge in [-0.25, -0.2) is 9.37 Å². The number of hydrogen-bond donors (Lipinski definition) is 0. The van der Waals surface area contributed by atoms with Crippen LogP contribution in [0.4, 0.5) is 10.2 Å². The summed E-state index contributed by atoms with van der Waals surface area (Å²) in [5.41, 5.74) is 2.66. The maximum atomic E-state index is 14.2. The Morgan fingerprint density at radius 2 is 2.03 bits per heavy atom. The summed E-state index contributed by atoms with van der Waals surface area (Å²) in [6.45, 7) is 4.60. The summed E-state index contributed by atoms with van der Waals surface area (Å²) in [5, 5.41) is 4.03. The summed E-state index contributed by atoms with van der Waals surface area (Å²) in [5.74, 6) is 1.53. The molecule has 1 saturated heterocycles. The fourth-order valence-electron chi connectivity index (χ4n) is 3.88. The zero-order chi connectivity index (χ0) is 19.6. The molecule has 29 heavy (non-hydrogen) atoms. The van der Waals surface area contributed by atoms with Crippen molar-refractivity contribution in [1.82, 2.24) is 9.88 Å². The third-order valence-corrected chi connectivity index (χ3v) is 6.08. The normalized spacial score (nSPS) is 19.6. The number of benzene rings is 1. The quantitative estimate of drug-likeness (QED) is 0.643. The summed E-state index contributed by atoms with van der Waals surface area (Å²) >= 11 is 1.61. The Kier molecular flexibility index (Phi) is 5.18. The van der Waals surface area contributed by atoms with Gasteiger partial charge in [-0.2, -0.15) is 11.3 Å². The zero-order valence-electron chi connectivity index (χ0n) is 16.0. The van der Waals surface area contributed by atoms with Gasteiger partial charge >= 0.3 is 0 Å². The molecule has 0 aliphatic carbocycles. The number of nitrogens with zero attached hydrogens (tertiary/aromatic N) is 3. The summed E-state index contributed by atoms with van der Waals surface area (Å²) in [4.78, 5) is 9.06. The van der Waals surface area contributed by atoms with E-state index in [-0.39, 0.29) is 5.82 Å². The van der Waals surface area contributed by atoms with Crippen LogP contribution in [0.25, 0.3) is 0 Å². The molecule has 0 bridgehead atoms. The Labute approximate surface area is 173 Å². The molecule has 5 nitrogen and oxygen atoms in total. The number of rotatable bonds is 4. The molecule has 0 unspecified atom stereocenters. The van der Waals surface area contributed by atoms with Gasteiger partial charge in [0.2, 0.25) is 6.29 Å². The molecule has 4 heterocycles. The molecule has 0 spiro atoms. The summed E-state index contributed by atoms with van der Waals surface area (Å²) in [7, 11) is 0.